The van der Waals surface area contributed by atoms with E-state index in [-0.39, 0.29) is 5.88 Å². The zero-order valence-corrected chi connectivity index (χ0v) is 8.21. The van der Waals surface area contributed by atoms with Gasteiger partial charge in [0.15, 0.2) is 0 Å². The summed E-state index contributed by atoms with van der Waals surface area (Å²) < 4.78 is 28.7. The van der Waals surface area contributed by atoms with Gasteiger partial charge in [-0.1, -0.05) is 13.8 Å². The van der Waals surface area contributed by atoms with Crippen molar-refractivity contribution in [2.75, 3.05) is 0 Å². The monoisotopic (exact) mass is 192 g/mol. The molecule has 0 atom stereocenters. The van der Waals surface area contributed by atoms with E-state index < -0.39 is 6.61 Å². The van der Waals surface area contributed by atoms with Crippen LogP contribution in [0, 0.1) is 6.92 Å². The number of nitrogens with zero attached hydrogens (tertiary/aromatic N) is 2. The van der Waals surface area contributed by atoms with Crippen LogP contribution >= 0.6 is 0 Å². The Hall–Kier alpha value is -1.13. The fraction of sp³-hybridized carbons (Fsp3) is 0.625. The molecule has 0 aliphatic heterocycles. The predicted molar refractivity (Wildman–Crippen MR) is 45.9 cm³/mol. The Labute approximate surface area is 76.3 Å². The molecule has 0 saturated carbocycles. The van der Waals surface area contributed by atoms with Gasteiger partial charge in [0, 0.05) is 13.1 Å². The molecule has 0 saturated heterocycles. The van der Waals surface area contributed by atoms with Crippen LogP contribution in [0.3, 0.4) is 0 Å². The summed E-state index contributed by atoms with van der Waals surface area (Å²) >= 11 is 0. The topological polar surface area (TPSA) is 27.1 Å². The lowest BCUT2D eigenvalue weighted by atomic mass is 10.5. The number of aromatic nitrogens is 2. The van der Waals surface area contributed by atoms with E-state index in [1.165, 1.54) is 10.7 Å². The number of ether oxygens (including phenoxy) is 1. The normalized spacial score (nSPS) is 9.46. The minimum Gasteiger partial charge on any atom is -0.417 e. The second-order valence-electron chi connectivity index (χ2n) is 2.13. The van der Waals surface area contributed by atoms with Crippen LogP contribution in [0.15, 0.2) is 6.07 Å². The van der Waals surface area contributed by atoms with Gasteiger partial charge in [0.2, 0.25) is 5.88 Å². The molecule has 1 aromatic heterocycles. The third-order valence-electron chi connectivity index (χ3n) is 1.17. The van der Waals surface area contributed by atoms with Crippen molar-refractivity contribution < 1.29 is 13.5 Å². The molecule has 76 valence electrons. The van der Waals surface area contributed by atoms with Gasteiger partial charge in [-0.05, 0) is 6.92 Å². The highest BCUT2D eigenvalue weighted by Crippen LogP contribution is 2.13. The largest absolute Gasteiger partial charge is 0.417 e. The second-order valence-corrected chi connectivity index (χ2v) is 2.13. The van der Waals surface area contributed by atoms with Gasteiger partial charge < -0.3 is 4.74 Å². The summed E-state index contributed by atoms with van der Waals surface area (Å²) in [6, 6.07) is 1.45. The molecule has 0 fully saturated rings. The predicted octanol–water partition coefficient (Wildman–Crippen LogP) is 2.36. The van der Waals surface area contributed by atoms with Crippen molar-refractivity contribution in [3.8, 4) is 5.88 Å². The van der Waals surface area contributed by atoms with E-state index in [2.05, 4.69) is 9.84 Å². The molecule has 0 radical (unpaired) electrons. The molecular formula is C8H14F2N2O. The molecule has 0 unspecified atom stereocenters. The van der Waals surface area contributed by atoms with E-state index in [9.17, 15) is 8.78 Å². The summed E-state index contributed by atoms with van der Waals surface area (Å²) in [5.74, 6) is 0.0810. The van der Waals surface area contributed by atoms with Crippen LogP contribution in [0.2, 0.25) is 0 Å². The van der Waals surface area contributed by atoms with Crippen molar-refractivity contribution in [2.45, 2.75) is 27.4 Å². The number of alkyl halides is 2. The van der Waals surface area contributed by atoms with Crippen molar-refractivity contribution in [1.82, 2.24) is 9.78 Å². The Balaban J connectivity index is 0.000000671. The first kappa shape index (κ1) is 11.9. The van der Waals surface area contributed by atoms with Gasteiger partial charge in [-0.2, -0.15) is 13.9 Å². The summed E-state index contributed by atoms with van der Waals surface area (Å²) in [6.07, 6.45) is 0. The van der Waals surface area contributed by atoms with Crippen molar-refractivity contribution in [3.63, 3.8) is 0 Å². The average molecular weight is 192 g/mol. The van der Waals surface area contributed by atoms with E-state index in [0.717, 1.165) is 0 Å². The third-order valence-corrected chi connectivity index (χ3v) is 1.17. The molecule has 0 spiro atoms. The highest BCUT2D eigenvalue weighted by atomic mass is 19.3. The van der Waals surface area contributed by atoms with Crippen LogP contribution in [0.1, 0.15) is 19.5 Å². The van der Waals surface area contributed by atoms with Gasteiger partial charge >= 0.3 is 6.61 Å². The molecule has 3 nitrogen and oxygen atoms in total. The molecule has 0 amide bonds. The van der Waals surface area contributed by atoms with Crippen LogP contribution in [0.4, 0.5) is 8.78 Å². The molecule has 13 heavy (non-hydrogen) atoms. The molecule has 1 rings (SSSR count). The Morgan fingerprint density at radius 1 is 1.46 bits per heavy atom. The zero-order chi connectivity index (χ0) is 10.4. The minimum atomic E-state index is -2.79. The highest BCUT2D eigenvalue weighted by Gasteiger charge is 2.08. The number of halogens is 2. The number of hydrogen-bond acceptors (Lipinski definition) is 2. The van der Waals surface area contributed by atoms with E-state index in [0.29, 0.717) is 5.69 Å². The van der Waals surface area contributed by atoms with Gasteiger partial charge in [-0.15, -0.1) is 0 Å². The van der Waals surface area contributed by atoms with Crippen molar-refractivity contribution >= 4 is 0 Å². The molecule has 0 aliphatic rings. The summed E-state index contributed by atoms with van der Waals surface area (Å²) in [5, 5.41) is 3.82. The smallest absolute Gasteiger partial charge is 0.388 e. The first-order chi connectivity index (χ1) is 6.09. The number of hydrogen-bond donors (Lipinski definition) is 0. The van der Waals surface area contributed by atoms with Crippen molar-refractivity contribution in [3.05, 3.63) is 11.8 Å². The van der Waals surface area contributed by atoms with Crippen LogP contribution < -0.4 is 4.74 Å². The van der Waals surface area contributed by atoms with Gasteiger partial charge in [0.05, 0.1) is 5.69 Å². The zero-order valence-electron chi connectivity index (χ0n) is 8.21. The van der Waals surface area contributed by atoms with Gasteiger partial charge in [0.1, 0.15) is 0 Å². The maximum absolute atomic E-state index is 11.6. The molecule has 0 bridgehead atoms. The van der Waals surface area contributed by atoms with Gasteiger partial charge in [-0.25, -0.2) is 4.68 Å². The summed E-state index contributed by atoms with van der Waals surface area (Å²) in [4.78, 5) is 0. The molecule has 0 aromatic carbocycles. The van der Waals surface area contributed by atoms with Gasteiger partial charge in [0.25, 0.3) is 0 Å². The van der Waals surface area contributed by atoms with Gasteiger partial charge in [-0.3, -0.25) is 0 Å². The second kappa shape index (κ2) is 5.50. The molecule has 0 aliphatic carbocycles. The molecular weight excluding hydrogens is 178 g/mol. The fourth-order valence-electron chi connectivity index (χ4n) is 0.788. The quantitative estimate of drug-likeness (QED) is 0.719. The van der Waals surface area contributed by atoms with Crippen LogP contribution in [-0.2, 0) is 7.05 Å². The van der Waals surface area contributed by atoms with Crippen molar-refractivity contribution in [2.24, 2.45) is 7.05 Å². The number of rotatable bonds is 2. The SMILES string of the molecule is CC.Cc1cc(OC(F)F)n(C)n1. The Kier molecular flexibility index (Phi) is 5.03. The summed E-state index contributed by atoms with van der Waals surface area (Å²) in [6.45, 7) is 2.92. The Morgan fingerprint density at radius 2 is 2.00 bits per heavy atom. The third kappa shape index (κ3) is 3.87. The lowest BCUT2D eigenvalue weighted by Gasteiger charge is -2.01. The van der Waals surface area contributed by atoms with Crippen LogP contribution in [0.5, 0.6) is 5.88 Å². The first-order valence-corrected chi connectivity index (χ1v) is 4.05. The summed E-state index contributed by atoms with van der Waals surface area (Å²) in [5.41, 5.74) is 0.656. The molecule has 0 N–H and O–H groups in total. The minimum absolute atomic E-state index is 0.0810. The Bertz CT molecular complexity index is 248. The first-order valence-electron chi connectivity index (χ1n) is 4.05. The van der Waals surface area contributed by atoms with Crippen molar-refractivity contribution in [1.29, 1.82) is 0 Å². The fourth-order valence-corrected chi connectivity index (χ4v) is 0.788. The highest BCUT2D eigenvalue weighted by molar-refractivity contribution is 5.14. The maximum atomic E-state index is 11.6. The Morgan fingerprint density at radius 3 is 2.31 bits per heavy atom. The lowest BCUT2D eigenvalue weighted by Crippen LogP contribution is -2.05. The van der Waals surface area contributed by atoms with E-state index >= 15 is 0 Å². The van der Waals surface area contributed by atoms with Crippen LogP contribution in [-0.4, -0.2) is 16.4 Å². The molecule has 1 heterocycles. The summed E-state index contributed by atoms with van der Waals surface area (Å²) in [7, 11) is 1.55. The van der Waals surface area contributed by atoms with E-state index in [4.69, 9.17) is 0 Å². The van der Waals surface area contributed by atoms with Crippen LogP contribution in [0.25, 0.3) is 0 Å². The van der Waals surface area contributed by atoms with E-state index in [1.807, 2.05) is 13.8 Å². The molecule has 1 aromatic rings. The average Bonchev–Trinajstić information content (AvgIpc) is 2.33. The lowest BCUT2D eigenvalue weighted by molar-refractivity contribution is -0.0553. The maximum Gasteiger partial charge on any atom is 0.388 e. The molecule has 5 heteroatoms. The number of aryl methyl sites for hydroxylation is 2. The standard InChI is InChI=1S/C6H8F2N2O.C2H6/c1-4-3-5(10(2)9-4)11-6(7)8;1-2/h3,6H,1-2H3;1-2H3. The van der Waals surface area contributed by atoms with E-state index in [1.54, 1.807) is 14.0 Å².